The summed E-state index contributed by atoms with van der Waals surface area (Å²) in [6.45, 7) is 6.68. The minimum Gasteiger partial charge on any atom is -0.317 e. The van der Waals surface area contributed by atoms with Gasteiger partial charge in [0.2, 0.25) is 5.95 Å². The third-order valence-corrected chi connectivity index (χ3v) is 5.36. The smallest absolute Gasteiger partial charge is 0.258 e. The molecule has 0 bridgehead atoms. The Labute approximate surface area is 182 Å². The van der Waals surface area contributed by atoms with Crippen LogP contribution < -0.4 is 10.6 Å². The zero-order chi connectivity index (χ0) is 20.4. The van der Waals surface area contributed by atoms with Crippen molar-refractivity contribution in [2.24, 2.45) is 7.05 Å². The number of rotatable bonds is 5. The minimum absolute atomic E-state index is 0. The van der Waals surface area contributed by atoms with E-state index in [2.05, 4.69) is 31.9 Å². The molecule has 160 valence electrons. The lowest BCUT2D eigenvalue weighted by Crippen LogP contribution is -2.27. The lowest BCUT2D eigenvalue weighted by atomic mass is 9.98. The number of benzene rings is 1. The van der Waals surface area contributed by atoms with Gasteiger partial charge in [-0.15, -0.1) is 12.4 Å². The number of halogens is 1. The second kappa shape index (κ2) is 9.40. The highest BCUT2D eigenvalue weighted by Gasteiger charge is 2.21. The SMILES string of the molecule is Cc1cc(C)n(Cc2ccc(C(=O)Nc3nc(C4CCNCC4)nn3C)cc2)n1.Cl. The Morgan fingerprint density at radius 3 is 2.50 bits per heavy atom. The molecule has 1 saturated heterocycles. The number of carbonyl (C=O) groups is 1. The number of piperidine rings is 1. The van der Waals surface area contributed by atoms with Crippen molar-refractivity contribution in [1.29, 1.82) is 0 Å². The van der Waals surface area contributed by atoms with E-state index < -0.39 is 0 Å². The highest BCUT2D eigenvalue weighted by molar-refractivity contribution is 6.03. The number of aromatic nitrogens is 5. The van der Waals surface area contributed by atoms with Crippen molar-refractivity contribution in [3.8, 4) is 0 Å². The van der Waals surface area contributed by atoms with Crippen molar-refractivity contribution in [2.45, 2.75) is 39.2 Å². The molecule has 9 heteroatoms. The Kier molecular flexibility index (Phi) is 6.89. The Bertz CT molecular complexity index is 1000. The van der Waals surface area contributed by atoms with Gasteiger partial charge in [0, 0.05) is 24.2 Å². The van der Waals surface area contributed by atoms with Crippen LogP contribution >= 0.6 is 12.4 Å². The molecule has 0 saturated carbocycles. The predicted molar refractivity (Wildman–Crippen MR) is 118 cm³/mol. The summed E-state index contributed by atoms with van der Waals surface area (Å²) in [6, 6.07) is 9.65. The van der Waals surface area contributed by atoms with E-state index in [1.807, 2.05) is 49.8 Å². The van der Waals surface area contributed by atoms with Gasteiger partial charge in [0.05, 0.1) is 12.2 Å². The second-order valence-corrected chi connectivity index (χ2v) is 7.68. The third-order valence-electron chi connectivity index (χ3n) is 5.36. The Balaban J connectivity index is 0.00000256. The first kappa shape index (κ1) is 22.0. The Morgan fingerprint density at radius 2 is 1.87 bits per heavy atom. The summed E-state index contributed by atoms with van der Waals surface area (Å²) in [5.74, 6) is 1.46. The molecule has 1 aromatic carbocycles. The maximum absolute atomic E-state index is 12.7. The third kappa shape index (κ3) is 4.88. The normalized spacial score (nSPS) is 14.4. The van der Waals surface area contributed by atoms with Crippen molar-refractivity contribution < 1.29 is 4.79 Å². The highest BCUT2D eigenvalue weighted by atomic mass is 35.5. The van der Waals surface area contributed by atoms with E-state index in [1.54, 1.807) is 4.68 Å². The molecule has 4 rings (SSSR count). The average Bonchev–Trinajstić information content (AvgIpc) is 3.24. The fraction of sp³-hybridized carbons (Fsp3) is 0.429. The van der Waals surface area contributed by atoms with Crippen molar-refractivity contribution in [1.82, 2.24) is 29.9 Å². The Hall–Kier alpha value is -2.71. The molecule has 2 aromatic heterocycles. The summed E-state index contributed by atoms with van der Waals surface area (Å²) in [4.78, 5) is 17.2. The molecule has 30 heavy (non-hydrogen) atoms. The molecular weight excluding hydrogens is 402 g/mol. The first-order chi connectivity index (χ1) is 14.0. The molecule has 3 heterocycles. The summed E-state index contributed by atoms with van der Waals surface area (Å²) < 4.78 is 3.61. The van der Waals surface area contributed by atoms with Crippen LogP contribution in [0.2, 0.25) is 0 Å². The van der Waals surface area contributed by atoms with Gasteiger partial charge >= 0.3 is 0 Å². The second-order valence-electron chi connectivity index (χ2n) is 7.68. The van der Waals surface area contributed by atoms with Gasteiger partial charge in [-0.1, -0.05) is 12.1 Å². The molecule has 0 aliphatic carbocycles. The molecule has 8 nitrogen and oxygen atoms in total. The fourth-order valence-electron chi connectivity index (χ4n) is 3.71. The van der Waals surface area contributed by atoms with Crippen LogP contribution in [-0.4, -0.2) is 43.5 Å². The van der Waals surface area contributed by atoms with Crippen LogP contribution in [0.1, 0.15) is 51.9 Å². The molecule has 0 radical (unpaired) electrons. The lowest BCUT2D eigenvalue weighted by molar-refractivity contribution is 0.102. The van der Waals surface area contributed by atoms with E-state index in [4.69, 9.17) is 0 Å². The first-order valence-corrected chi connectivity index (χ1v) is 10.0. The van der Waals surface area contributed by atoms with E-state index in [1.165, 1.54) is 0 Å². The molecule has 0 spiro atoms. The van der Waals surface area contributed by atoms with Crippen LogP contribution in [0.4, 0.5) is 5.95 Å². The van der Waals surface area contributed by atoms with Crippen molar-refractivity contribution >= 4 is 24.3 Å². The van der Waals surface area contributed by atoms with Gasteiger partial charge in [-0.25, -0.2) is 4.68 Å². The van der Waals surface area contributed by atoms with Crippen LogP contribution in [0.15, 0.2) is 30.3 Å². The fourth-order valence-corrected chi connectivity index (χ4v) is 3.71. The number of aryl methyl sites for hydroxylation is 3. The van der Waals surface area contributed by atoms with E-state index in [9.17, 15) is 4.79 Å². The maximum atomic E-state index is 12.7. The molecule has 1 amide bonds. The number of carbonyl (C=O) groups excluding carboxylic acids is 1. The van der Waals surface area contributed by atoms with Crippen molar-refractivity contribution in [3.63, 3.8) is 0 Å². The van der Waals surface area contributed by atoms with Gasteiger partial charge in [0.1, 0.15) is 0 Å². The standard InChI is InChI=1S/C21H27N7O.ClH/c1-14-12-15(2)28(25-14)13-16-4-6-18(7-5-16)20(29)24-21-23-19(26-27(21)3)17-8-10-22-11-9-17;/h4-7,12,17,22H,8-11,13H2,1-3H3,(H,23,24,26,29);1H. The van der Waals surface area contributed by atoms with Gasteiger partial charge < -0.3 is 5.32 Å². The van der Waals surface area contributed by atoms with Crippen molar-refractivity contribution in [2.75, 3.05) is 18.4 Å². The minimum atomic E-state index is -0.185. The number of hydrogen-bond donors (Lipinski definition) is 2. The molecule has 1 aliphatic heterocycles. The summed E-state index contributed by atoms with van der Waals surface area (Å²) in [5.41, 5.74) is 3.82. The van der Waals surface area contributed by atoms with E-state index in [-0.39, 0.29) is 18.3 Å². The largest absolute Gasteiger partial charge is 0.317 e. The number of nitrogens with zero attached hydrogens (tertiary/aromatic N) is 5. The quantitative estimate of drug-likeness (QED) is 0.650. The number of amides is 1. The number of nitrogens with one attached hydrogen (secondary N) is 2. The van der Waals surface area contributed by atoms with Crippen LogP contribution in [0.5, 0.6) is 0 Å². The molecule has 1 fully saturated rings. The lowest BCUT2D eigenvalue weighted by Gasteiger charge is -2.19. The first-order valence-electron chi connectivity index (χ1n) is 10.0. The molecule has 1 aliphatic rings. The monoisotopic (exact) mass is 429 g/mol. The number of hydrogen-bond acceptors (Lipinski definition) is 5. The summed E-state index contributed by atoms with van der Waals surface area (Å²) >= 11 is 0. The molecule has 2 N–H and O–H groups in total. The van der Waals surface area contributed by atoms with E-state index in [0.29, 0.717) is 24.0 Å². The van der Waals surface area contributed by atoms with Gasteiger partial charge in [-0.2, -0.15) is 15.2 Å². The van der Waals surface area contributed by atoms with Gasteiger partial charge in [0.15, 0.2) is 5.82 Å². The predicted octanol–water partition coefficient (Wildman–Crippen LogP) is 2.82. The summed E-state index contributed by atoms with van der Waals surface area (Å²) in [7, 11) is 1.81. The van der Waals surface area contributed by atoms with Gasteiger partial charge in [-0.05, 0) is 63.5 Å². The number of anilines is 1. The maximum Gasteiger partial charge on any atom is 0.258 e. The van der Waals surface area contributed by atoms with Gasteiger partial charge in [-0.3, -0.25) is 14.8 Å². The van der Waals surface area contributed by atoms with Crippen LogP contribution in [-0.2, 0) is 13.6 Å². The zero-order valence-corrected chi connectivity index (χ0v) is 18.4. The molecule has 0 unspecified atom stereocenters. The van der Waals surface area contributed by atoms with Crippen LogP contribution in [0.3, 0.4) is 0 Å². The van der Waals surface area contributed by atoms with E-state index >= 15 is 0 Å². The summed E-state index contributed by atoms with van der Waals surface area (Å²) in [5, 5.41) is 15.2. The van der Waals surface area contributed by atoms with E-state index in [0.717, 1.165) is 48.7 Å². The topological polar surface area (TPSA) is 89.7 Å². The Morgan fingerprint density at radius 1 is 1.17 bits per heavy atom. The van der Waals surface area contributed by atoms with Crippen molar-refractivity contribution in [3.05, 3.63) is 58.7 Å². The molecule has 0 atom stereocenters. The average molecular weight is 430 g/mol. The van der Waals surface area contributed by atoms with Gasteiger partial charge in [0.25, 0.3) is 5.91 Å². The molecular formula is C21H28ClN7O. The van der Waals surface area contributed by atoms with Crippen LogP contribution in [0, 0.1) is 13.8 Å². The summed E-state index contributed by atoms with van der Waals surface area (Å²) in [6.07, 6.45) is 2.04. The van der Waals surface area contributed by atoms with Crippen LogP contribution in [0.25, 0.3) is 0 Å². The molecule has 3 aromatic rings. The zero-order valence-electron chi connectivity index (χ0n) is 17.6. The highest BCUT2D eigenvalue weighted by Crippen LogP contribution is 2.23.